The summed E-state index contributed by atoms with van der Waals surface area (Å²) in [5, 5.41) is 0. The fraction of sp³-hybridized carbons (Fsp3) is 0.300. The van der Waals surface area contributed by atoms with E-state index in [1.807, 2.05) is 44.2 Å². The Morgan fingerprint density at radius 3 is 2.38 bits per heavy atom. The molecule has 0 radical (unpaired) electrons. The predicted octanol–water partition coefficient (Wildman–Crippen LogP) is 3.40. The molecule has 24 heavy (non-hydrogen) atoms. The van der Waals surface area contributed by atoms with E-state index in [2.05, 4.69) is 0 Å². The van der Waals surface area contributed by atoms with Crippen molar-refractivity contribution in [2.45, 2.75) is 26.6 Å². The fourth-order valence-electron chi connectivity index (χ4n) is 2.98. The van der Waals surface area contributed by atoms with Crippen molar-refractivity contribution in [1.29, 1.82) is 0 Å². The molecule has 0 amide bonds. The van der Waals surface area contributed by atoms with Crippen molar-refractivity contribution in [2.75, 3.05) is 13.2 Å². The highest BCUT2D eigenvalue weighted by Gasteiger charge is 2.26. The molecule has 124 valence electrons. The molecule has 0 saturated heterocycles. The summed E-state index contributed by atoms with van der Waals surface area (Å²) in [6.07, 6.45) is -0.226. The molecule has 0 saturated carbocycles. The van der Waals surface area contributed by atoms with Crippen LogP contribution < -0.4 is 0 Å². The van der Waals surface area contributed by atoms with E-state index >= 15 is 0 Å². The Hall–Kier alpha value is -2.30. The van der Waals surface area contributed by atoms with Crippen molar-refractivity contribution in [3.8, 4) is 0 Å². The highest BCUT2D eigenvalue weighted by molar-refractivity contribution is 6.13. The van der Waals surface area contributed by atoms with Gasteiger partial charge >= 0.3 is 0 Å². The molecule has 0 unspecified atom stereocenters. The van der Waals surface area contributed by atoms with Crippen LogP contribution in [0, 0.1) is 0 Å². The van der Waals surface area contributed by atoms with Gasteiger partial charge in [0.2, 0.25) is 12.1 Å². The lowest BCUT2D eigenvalue weighted by Gasteiger charge is -2.20. The summed E-state index contributed by atoms with van der Waals surface area (Å²) in [4.78, 5) is 25.3. The number of ketones is 2. The standard InChI is InChI=1S/C20H20O4/c1-3-23-20(24-4-2)18(21)15-10-9-14-11-13-7-5-6-8-16(13)19(22)17(14)12-15/h5-10,12,20H,3-4,11H2,1-2H3. The molecule has 0 atom stereocenters. The molecule has 4 heteroatoms. The zero-order chi connectivity index (χ0) is 17.1. The molecule has 0 aliphatic heterocycles. The second kappa shape index (κ2) is 7.07. The van der Waals surface area contributed by atoms with Crippen LogP contribution in [-0.4, -0.2) is 31.1 Å². The molecule has 0 N–H and O–H groups in total. The summed E-state index contributed by atoms with van der Waals surface area (Å²) in [5.74, 6) is -0.293. The van der Waals surface area contributed by atoms with Crippen LogP contribution in [0.5, 0.6) is 0 Å². The number of Topliss-reactive ketones (excluding diaryl/α,β-unsaturated/α-hetero) is 1. The van der Waals surface area contributed by atoms with Crippen LogP contribution in [0.1, 0.15) is 51.3 Å². The molecule has 2 aromatic carbocycles. The van der Waals surface area contributed by atoms with Gasteiger partial charge in [-0.3, -0.25) is 9.59 Å². The molecule has 1 aliphatic rings. The van der Waals surface area contributed by atoms with Crippen LogP contribution >= 0.6 is 0 Å². The Labute approximate surface area is 141 Å². The Morgan fingerprint density at radius 1 is 1.00 bits per heavy atom. The number of carbonyl (C=O) groups is 2. The Bertz CT molecular complexity index is 773. The average Bonchev–Trinajstić information content (AvgIpc) is 2.61. The Kier molecular flexibility index (Phi) is 4.88. The van der Waals surface area contributed by atoms with Crippen LogP contribution in [0.15, 0.2) is 42.5 Å². The first kappa shape index (κ1) is 16.6. The maximum Gasteiger partial charge on any atom is 0.222 e. The lowest BCUT2D eigenvalue weighted by Crippen LogP contribution is -2.28. The highest BCUT2D eigenvalue weighted by atomic mass is 16.7. The van der Waals surface area contributed by atoms with Crippen molar-refractivity contribution in [2.24, 2.45) is 0 Å². The minimum absolute atomic E-state index is 0.0362. The van der Waals surface area contributed by atoms with Crippen LogP contribution in [0.25, 0.3) is 0 Å². The van der Waals surface area contributed by atoms with Gasteiger partial charge in [0.15, 0.2) is 5.78 Å². The number of hydrogen-bond acceptors (Lipinski definition) is 4. The highest BCUT2D eigenvalue weighted by Crippen LogP contribution is 2.28. The number of hydrogen-bond donors (Lipinski definition) is 0. The third-order valence-corrected chi connectivity index (χ3v) is 4.13. The van der Waals surface area contributed by atoms with Gasteiger partial charge in [0.05, 0.1) is 0 Å². The van der Waals surface area contributed by atoms with Crippen LogP contribution in [0.3, 0.4) is 0 Å². The smallest absolute Gasteiger partial charge is 0.222 e. The number of rotatable bonds is 6. The second-order valence-electron chi connectivity index (χ2n) is 5.64. The molecule has 0 spiro atoms. The van der Waals surface area contributed by atoms with Crippen molar-refractivity contribution in [3.05, 3.63) is 70.3 Å². The molecule has 0 fully saturated rings. The van der Waals surface area contributed by atoms with E-state index in [1.165, 1.54) is 0 Å². The molecule has 0 heterocycles. The van der Waals surface area contributed by atoms with E-state index in [0.29, 0.717) is 36.3 Å². The molecule has 0 bridgehead atoms. The quantitative estimate of drug-likeness (QED) is 0.515. The van der Waals surface area contributed by atoms with E-state index in [-0.39, 0.29) is 11.6 Å². The molecule has 4 nitrogen and oxygen atoms in total. The minimum Gasteiger partial charge on any atom is -0.346 e. The fourth-order valence-corrected chi connectivity index (χ4v) is 2.98. The number of ether oxygens (including phenoxy) is 2. The maximum atomic E-state index is 12.7. The minimum atomic E-state index is -0.927. The summed E-state index contributed by atoms with van der Waals surface area (Å²) >= 11 is 0. The summed E-state index contributed by atoms with van der Waals surface area (Å²) in [7, 11) is 0. The summed E-state index contributed by atoms with van der Waals surface area (Å²) in [6, 6.07) is 12.9. The number of benzene rings is 2. The van der Waals surface area contributed by atoms with Gasteiger partial charge in [-0.1, -0.05) is 36.4 Å². The molecule has 2 aromatic rings. The van der Waals surface area contributed by atoms with Gasteiger partial charge in [-0.2, -0.15) is 0 Å². The second-order valence-corrected chi connectivity index (χ2v) is 5.64. The topological polar surface area (TPSA) is 52.6 Å². The first-order valence-electron chi connectivity index (χ1n) is 8.18. The van der Waals surface area contributed by atoms with Crippen LogP contribution in [-0.2, 0) is 15.9 Å². The van der Waals surface area contributed by atoms with Gasteiger partial charge in [0.25, 0.3) is 0 Å². The SMILES string of the molecule is CCOC(OCC)C(=O)c1ccc2c(c1)C(=O)c1ccccc1C2. The predicted molar refractivity (Wildman–Crippen MR) is 90.5 cm³/mol. The number of fused-ring (bicyclic) bond motifs is 2. The van der Waals surface area contributed by atoms with Crippen molar-refractivity contribution < 1.29 is 19.1 Å². The van der Waals surface area contributed by atoms with Crippen molar-refractivity contribution in [3.63, 3.8) is 0 Å². The van der Waals surface area contributed by atoms with Gasteiger partial charge in [-0.25, -0.2) is 0 Å². The van der Waals surface area contributed by atoms with Crippen LogP contribution in [0.2, 0.25) is 0 Å². The third-order valence-electron chi connectivity index (χ3n) is 4.13. The van der Waals surface area contributed by atoms with Crippen molar-refractivity contribution in [1.82, 2.24) is 0 Å². The third kappa shape index (κ3) is 3.03. The normalized spacial score (nSPS) is 12.9. The average molecular weight is 324 g/mol. The Balaban J connectivity index is 1.94. The first-order valence-corrected chi connectivity index (χ1v) is 8.18. The van der Waals surface area contributed by atoms with Gasteiger partial charge in [0.1, 0.15) is 0 Å². The van der Waals surface area contributed by atoms with Gasteiger partial charge in [0, 0.05) is 29.9 Å². The largest absolute Gasteiger partial charge is 0.346 e. The lowest BCUT2D eigenvalue weighted by atomic mass is 9.84. The zero-order valence-corrected chi connectivity index (χ0v) is 13.9. The molecule has 3 rings (SSSR count). The molecule has 0 aromatic heterocycles. The van der Waals surface area contributed by atoms with E-state index < -0.39 is 6.29 Å². The molecular formula is C20H20O4. The molecule has 1 aliphatic carbocycles. The monoisotopic (exact) mass is 324 g/mol. The van der Waals surface area contributed by atoms with Gasteiger partial charge in [-0.05, 0) is 37.5 Å². The van der Waals surface area contributed by atoms with Gasteiger partial charge < -0.3 is 9.47 Å². The van der Waals surface area contributed by atoms with Gasteiger partial charge in [-0.15, -0.1) is 0 Å². The maximum absolute atomic E-state index is 12.7. The first-order chi connectivity index (χ1) is 11.7. The van der Waals surface area contributed by atoms with E-state index in [4.69, 9.17) is 9.47 Å². The summed E-state index contributed by atoms with van der Waals surface area (Å²) in [6.45, 7) is 4.39. The summed E-state index contributed by atoms with van der Waals surface area (Å²) < 4.78 is 10.7. The Morgan fingerprint density at radius 2 is 1.67 bits per heavy atom. The molecular weight excluding hydrogens is 304 g/mol. The van der Waals surface area contributed by atoms with E-state index in [1.54, 1.807) is 12.1 Å². The lowest BCUT2D eigenvalue weighted by molar-refractivity contribution is -0.107. The van der Waals surface area contributed by atoms with Crippen LogP contribution in [0.4, 0.5) is 0 Å². The zero-order valence-electron chi connectivity index (χ0n) is 13.9. The van der Waals surface area contributed by atoms with Crippen molar-refractivity contribution >= 4 is 11.6 Å². The number of carbonyl (C=O) groups excluding carboxylic acids is 2. The van der Waals surface area contributed by atoms with E-state index in [9.17, 15) is 9.59 Å². The van der Waals surface area contributed by atoms with E-state index in [0.717, 1.165) is 11.1 Å². The summed E-state index contributed by atoms with van der Waals surface area (Å²) in [5.41, 5.74) is 3.70.